The average molecular weight is 316 g/mol. The minimum atomic E-state index is -0.500. The number of benzene rings is 1. The predicted molar refractivity (Wildman–Crippen MR) is 85.4 cm³/mol. The van der Waals surface area contributed by atoms with E-state index >= 15 is 0 Å². The molecule has 1 aromatic heterocycles. The van der Waals surface area contributed by atoms with E-state index in [2.05, 4.69) is 10.3 Å². The third-order valence-electron chi connectivity index (χ3n) is 3.47. The standard InChI is InChI=1S/C17H20N2O4/c1-23-8-7-16(21)13-9-14(18-10-13)17(22)19-15(11-20)12-5-3-2-4-6-12/h2-6,9-10,15,18,20H,7-8,11H2,1H3,(H,19,22)/t15-/m1/s1. The lowest BCUT2D eigenvalue weighted by Gasteiger charge is -2.16. The first-order chi connectivity index (χ1) is 11.2. The lowest BCUT2D eigenvalue weighted by molar-refractivity contribution is 0.0911. The summed E-state index contributed by atoms with van der Waals surface area (Å²) < 4.78 is 4.87. The Morgan fingerprint density at radius 2 is 2.04 bits per heavy atom. The van der Waals surface area contributed by atoms with E-state index in [-0.39, 0.29) is 30.4 Å². The van der Waals surface area contributed by atoms with Crippen molar-refractivity contribution in [2.45, 2.75) is 12.5 Å². The smallest absolute Gasteiger partial charge is 0.268 e. The molecule has 0 aliphatic carbocycles. The van der Waals surface area contributed by atoms with E-state index in [4.69, 9.17) is 4.74 Å². The minimum Gasteiger partial charge on any atom is -0.394 e. The highest BCUT2D eigenvalue weighted by molar-refractivity contribution is 6.00. The number of hydrogen-bond donors (Lipinski definition) is 3. The molecule has 1 aromatic carbocycles. The molecule has 1 heterocycles. The molecule has 1 amide bonds. The number of hydrogen-bond acceptors (Lipinski definition) is 4. The number of aliphatic hydroxyl groups excluding tert-OH is 1. The normalized spacial score (nSPS) is 11.9. The molecule has 0 radical (unpaired) electrons. The first-order valence-electron chi connectivity index (χ1n) is 7.33. The second-order valence-electron chi connectivity index (χ2n) is 5.09. The van der Waals surface area contributed by atoms with Gasteiger partial charge in [0.15, 0.2) is 5.78 Å². The van der Waals surface area contributed by atoms with Gasteiger partial charge in [-0.05, 0) is 11.6 Å². The first-order valence-corrected chi connectivity index (χ1v) is 7.33. The van der Waals surface area contributed by atoms with Crippen LogP contribution in [-0.4, -0.2) is 42.1 Å². The molecule has 0 aliphatic heterocycles. The summed E-state index contributed by atoms with van der Waals surface area (Å²) in [6, 6.07) is 10.2. The molecular weight excluding hydrogens is 296 g/mol. The molecule has 0 saturated carbocycles. The number of amides is 1. The maximum Gasteiger partial charge on any atom is 0.268 e. The number of aromatic nitrogens is 1. The third kappa shape index (κ3) is 4.51. The van der Waals surface area contributed by atoms with E-state index in [1.54, 1.807) is 0 Å². The number of ether oxygens (including phenoxy) is 1. The number of methoxy groups -OCH3 is 1. The quantitative estimate of drug-likeness (QED) is 0.646. The maximum atomic E-state index is 12.2. The zero-order valence-electron chi connectivity index (χ0n) is 12.9. The average Bonchev–Trinajstić information content (AvgIpc) is 3.08. The van der Waals surface area contributed by atoms with Gasteiger partial charge in [0.1, 0.15) is 5.69 Å². The highest BCUT2D eigenvalue weighted by Crippen LogP contribution is 2.13. The monoisotopic (exact) mass is 316 g/mol. The van der Waals surface area contributed by atoms with Gasteiger partial charge in [0, 0.05) is 25.3 Å². The molecule has 0 aliphatic rings. The summed E-state index contributed by atoms with van der Waals surface area (Å²) in [7, 11) is 1.53. The number of carbonyl (C=O) groups excluding carboxylic acids is 2. The Morgan fingerprint density at radius 3 is 2.70 bits per heavy atom. The van der Waals surface area contributed by atoms with Gasteiger partial charge < -0.3 is 20.1 Å². The summed E-state index contributed by atoms with van der Waals surface area (Å²) in [5.74, 6) is -0.470. The van der Waals surface area contributed by atoms with Gasteiger partial charge in [0.2, 0.25) is 0 Å². The zero-order valence-corrected chi connectivity index (χ0v) is 12.9. The number of ketones is 1. The third-order valence-corrected chi connectivity index (χ3v) is 3.47. The number of Topliss-reactive ketones (excluding diaryl/α,β-unsaturated/α-hetero) is 1. The summed E-state index contributed by atoms with van der Waals surface area (Å²) in [6.45, 7) is 0.127. The van der Waals surface area contributed by atoms with Gasteiger partial charge in [-0.15, -0.1) is 0 Å². The molecule has 0 spiro atoms. The van der Waals surface area contributed by atoms with E-state index in [1.807, 2.05) is 30.3 Å². The van der Waals surface area contributed by atoms with Gasteiger partial charge in [0.05, 0.1) is 19.3 Å². The number of H-pyrrole nitrogens is 1. The van der Waals surface area contributed by atoms with Gasteiger partial charge in [-0.25, -0.2) is 0 Å². The molecule has 0 saturated heterocycles. The van der Waals surface area contributed by atoms with Crippen molar-refractivity contribution in [2.24, 2.45) is 0 Å². The fourth-order valence-corrected chi connectivity index (χ4v) is 2.18. The van der Waals surface area contributed by atoms with Gasteiger partial charge in [-0.1, -0.05) is 30.3 Å². The molecule has 3 N–H and O–H groups in total. The first kappa shape index (κ1) is 16.9. The SMILES string of the molecule is COCCC(=O)c1c[nH]c(C(=O)N[C@H](CO)c2ccccc2)c1. The molecule has 2 aromatic rings. The van der Waals surface area contributed by atoms with Crippen molar-refractivity contribution < 1.29 is 19.4 Å². The molecular formula is C17H20N2O4. The number of nitrogens with one attached hydrogen (secondary N) is 2. The summed E-state index contributed by atoms with van der Waals surface area (Å²) in [5, 5.41) is 12.2. The van der Waals surface area contributed by atoms with Crippen LogP contribution in [0.4, 0.5) is 0 Å². The van der Waals surface area contributed by atoms with Crippen LogP contribution in [0.1, 0.15) is 38.9 Å². The number of aliphatic hydroxyl groups is 1. The Kier molecular flexibility index (Phi) is 6.08. The van der Waals surface area contributed by atoms with Crippen LogP contribution in [0.2, 0.25) is 0 Å². The van der Waals surface area contributed by atoms with E-state index in [0.717, 1.165) is 5.56 Å². The maximum absolute atomic E-state index is 12.2. The molecule has 0 bridgehead atoms. The Labute approximate surface area is 134 Å². The number of aromatic amines is 1. The van der Waals surface area contributed by atoms with Gasteiger partial charge in [-0.2, -0.15) is 0 Å². The van der Waals surface area contributed by atoms with Crippen molar-refractivity contribution in [3.8, 4) is 0 Å². The van der Waals surface area contributed by atoms with Crippen molar-refractivity contribution >= 4 is 11.7 Å². The van der Waals surface area contributed by atoms with Crippen molar-refractivity contribution in [3.05, 3.63) is 59.4 Å². The summed E-state index contributed by atoms with van der Waals surface area (Å²) in [4.78, 5) is 26.9. The second-order valence-corrected chi connectivity index (χ2v) is 5.09. The number of carbonyl (C=O) groups is 2. The molecule has 0 unspecified atom stereocenters. The fourth-order valence-electron chi connectivity index (χ4n) is 2.18. The Morgan fingerprint density at radius 1 is 1.30 bits per heavy atom. The van der Waals surface area contributed by atoms with Crippen LogP contribution < -0.4 is 5.32 Å². The van der Waals surface area contributed by atoms with Crippen molar-refractivity contribution in [1.82, 2.24) is 10.3 Å². The molecule has 2 rings (SSSR count). The molecule has 23 heavy (non-hydrogen) atoms. The molecule has 6 heteroatoms. The number of rotatable bonds is 8. The van der Waals surface area contributed by atoms with Crippen LogP contribution in [0, 0.1) is 0 Å². The summed E-state index contributed by atoms with van der Waals surface area (Å²) in [6.07, 6.45) is 1.77. The van der Waals surface area contributed by atoms with E-state index in [1.165, 1.54) is 19.4 Å². The lowest BCUT2D eigenvalue weighted by atomic mass is 10.1. The van der Waals surface area contributed by atoms with Crippen LogP contribution in [0.3, 0.4) is 0 Å². The Bertz CT molecular complexity index is 652. The van der Waals surface area contributed by atoms with E-state index < -0.39 is 6.04 Å². The lowest BCUT2D eigenvalue weighted by Crippen LogP contribution is -2.30. The van der Waals surface area contributed by atoms with Gasteiger partial charge in [-0.3, -0.25) is 9.59 Å². The molecule has 122 valence electrons. The Hall–Kier alpha value is -2.44. The van der Waals surface area contributed by atoms with Crippen LogP contribution >= 0.6 is 0 Å². The summed E-state index contributed by atoms with van der Waals surface area (Å²) in [5.41, 5.74) is 1.53. The molecule has 6 nitrogen and oxygen atoms in total. The van der Waals surface area contributed by atoms with E-state index in [9.17, 15) is 14.7 Å². The largest absolute Gasteiger partial charge is 0.394 e. The van der Waals surface area contributed by atoms with Crippen LogP contribution in [0.15, 0.2) is 42.6 Å². The van der Waals surface area contributed by atoms with Crippen molar-refractivity contribution in [2.75, 3.05) is 20.3 Å². The van der Waals surface area contributed by atoms with Crippen molar-refractivity contribution in [3.63, 3.8) is 0 Å². The van der Waals surface area contributed by atoms with Crippen LogP contribution in [0.25, 0.3) is 0 Å². The predicted octanol–water partition coefficient (Wildman–Crippen LogP) is 1.70. The second kappa shape index (κ2) is 8.26. The highest BCUT2D eigenvalue weighted by atomic mass is 16.5. The van der Waals surface area contributed by atoms with E-state index in [0.29, 0.717) is 12.2 Å². The Balaban J connectivity index is 2.03. The minimum absolute atomic E-state index is 0.0936. The molecule has 0 fully saturated rings. The van der Waals surface area contributed by atoms with Crippen molar-refractivity contribution in [1.29, 1.82) is 0 Å². The van der Waals surface area contributed by atoms with Crippen LogP contribution in [0.5, 0.6) is 0 Å². The van der Waals surface area contributed by atoms with Gasteiger partial charge >= 0.3 is 0 Å². The van der Waals surface area contributed by atoms with Gasteiger partial charge in [0.25, 0.3) is 5.91 Å². The zero-order chi connectivity index (χ0) is 16.7. The highest BCUT2D eigenvalue weighted by Gasteiger charge is 2.17. The van der Waals surface area contributed by atoms with Crippen LogP contribution in [-0.2, 0) is 4.74 Å². The summed E-state index contributed by atoms with van der Waals surface area (Å²) >= 11 is 0. The molecule has 1 atom stereocenters. The fraction of sp³-hybridized carbons (Fsp3) is 0.294. The topological polar surface area (TPSA) is 91.4 Å².